The lowest BCUT2D eigenvalue weighted by atomic mass is 10.1. The standard InChI is InChI=1S/C39H46O9/c1-5-7-13-29-14-16-30(17-15-29)38(42)48-35-23-22-33(47-37(41)31-18-20-32(21-19-31)44-24-8-6-2)27-34(35)39(43)46-26-12-10-9-11-25-45-36(40)28(3)4/h14-23,27H,3,5-13,24-26H2,1-2,4H3. The van der Waals surface area contributed by atoms with Crippen LogP contribution in [0, 0.1) is 0 Å². The molecule has 0 N–H and O–H groups in total. The lowest BCUT2D eigenvalue weighted by molar-refractivity contribution is -0.139. The molecule has 9 heteroatoms. The summed E-state index contributed by atoms with van der Waals surface area (Å²) >= 11 is 0. The molecule has 0 radical (unpaired) electrons. The molecule has 0 unspecified atom stereocenters. The van der Waals surface area contributed by atoms with Gasteiger partial charge in [0, 0.05) is 5.57 Å². The van der Waals surface area contributed by atoms with E-state index < -0.39 is 23.9 Å². The molecule has 0 saturated heterocycles. The first-order chi connectivity index (χ1) is 23.2. The van der Waals surface area contributed by atoms with Gasteiger partial charge in [0.15, 0.2) is 0 Å². The summed E-state index contributed by atoms with van der Waals surface area (Å²) in [5, 5.41) is 0. The summed E-state index contributed by atoms with van der Waals surface area (Å²) < 4.78 is 27.4. The van der Waals surface area contributed by atoms with Gasteiger partial charge in [-0.15, -0.1) is 0 Å². The Bertz CT molecular complexity index is 1510. The molecule has 256 valence electrons. The minimum Gasteiger partial charge on any atom is -0.494 e. The molecule has 0 amide bonds. The summed E-state index contributed by atoms with van der Waals surface area (Å²) in [6, 6.07) is 18.0. The van der Waals surface area contributed by atoms with Gasteiger partial charge in [0.1, 0.15) is 22.8 Å². The van der Waals surface area contributed by atoms with E-state index in [4.69, 9.17) is 23.7 Å². The maximum absolute atomic E-state index is 13.2. The average Bonchev–Trinajstić information content (AvgIpc) is 3.09. The number of ether oxygens (including phenoxy) is 5. The summed E-state index contributed by atoms with van der Waals surface area (Å²) in [5.41, 5.74) is 2.05. The summed E-state index contributed by atoms with van der Waals surface area (Å²) in [7, 11) is 0. The highest BCUT2D eigenvalue weighted by atomic mass is 16.6. The normalized spacial score (nSPS) is 10.6. The molecular weight excluding hydrogens is 612 g/mol. The fraction of sp³-hybridized carbons (Fsp3) is 0.385. The predicted octanol–water partition coefficient (Wildman–Crippen LogP) is 8.48. The first kappa shape index (κ1) is 37.5. The molecule has 0 heterocycles. The van der Waals surface area contributed by atoms with Crippen molar-refractivity contribution < 1.29 is 42.9 Å². The Morgan fingerprint density at radius 2 is 1.19 bits per heavy atom. The van der Waals surface area contributed by atoms with Gasteiger partial charge in [-0.1, -0.05) is 45.4 Å². The first-order valence-corrected chi connectivity index (χ1v) is 16.6. The molecule has 0 saturated carbocycles. The van der Waals surface area contributed by atoms with Gasteiger partial charge in [0.2, 0.25) is 0 Å². The Labute approximate surface area is 283 Å². The minimum absolute atomic E-state index is 0.0206. The van der Waals surface area contributed by atoms with Crippen LogP contribution in [0.1, 0.15) is 109 Å². The van der Waals surface area contributed by atoms with Crippen molar-refractivity contribution in [1.82, 2.24) is 0 Å². The lowest BCUT2D eigenvalue weighted by Gasteiger charge is -2.13. The zero-order chi connectivity index (χ0) is 34.7. The highest BCUT2D eigenvalue weighted by molar-refractivity contribution is 5.97. The van der Waals surface area contributed by atoms with Crippen LogP contribution in [0.15, 0.2) is 78.9 Å². The number of rotatable bonds is 20. The van der Waals surface area contributed by atoms with Crippen molar-refractivity contribution in [1.29, 1.82) is 0 Å². The van der Waals surface area contributed by atoms with E-state index in [1.807, 2.05) is 12.1 Å². The van der Waals surface area contributed by atoms with E-state index in [1.54, 1.807) is 43.3 Å². The highest BCUT2D eigenvalue weighted by Gasteiger charge is 2.21. The van der Waals surface area contributed by atoms with E-state index in [0.29, 0.717) is 48.5 Å². The zero-order valence-corrected chi connectivity index (χ0v) is 28.2. The topological polar surface area (TPSA) is 114 Å². The van der Waals surface area contributed by atoms with Crippen LogP contribution in [0.3, 0.4) is 0 Å². The fourth-order valence-corrected chi connectivity index (χ4v) is 4.44. The van der Waals surface area contributed by atoms with Gasteiger partial charge in [0.05, 0.1) is 30.9 Å². The van der Waals surface area contributed by atoms with E-state index in [1.165, 1.54) is 18.2 Å². The van der Waals surface area contributed by atoms with Gasteiger partial charge in [-0.05, 0) is 112 Å². The molecule has 0 aliphatic carbocycles. The van der Waals surface area contributed by atoms with Crippen molar-refractivity contribution in [3.8, 4) is 17.2 Å². The van der Waals surface area contributed by atoms with Gasteiger partial charge < -0.3 is 23.7 Å². The highest BCUT2D eigenvalue weighted by Crippen LogP contribution is 2.27. The molecule has 0 spiro atoms. The molecule has 0 aliphatic rings. The van der Waals surface area contributed by atoms with Gasteiger partial charge in [-0.3, -0.25) is 0 Å². The minimum atomic E-state index is -0.727. The SMILES string of the molecule is C=C(C)C(=O)OCCCCCCOC(=O)c1cc(OC(=O)c2ccc(OCCCC)cc2)ccc1OC(=O)c1ccc(CCCC)cc1. The van der Waals surface area contributed by atoms with Crippen LogP contribution in [0.2, 0.25) is 0 Å². The van der Waals surface area contributed by atoms with Crippen molar-refractivity contribution in [2.24, 2.45) is 0 Å². The van der Waals surface area contributed by atoms with Gasteiger partial charge in [0.25, 0.3) is 0 Å². The third-order valence-corrected chi connectivity index (χ3v) is 7.30. The second kappa shape index (κ2) is 20.3. The zero-order valence-electron chi connectivity index (χ0n) is 28.2. The molecule has 0 atom stereocenters. The maximum Gasteiger partial charge on any atom is 0.343 e. The fourth-order valence-electron chi connectivity index (χ4n) is 4.44. The van der Waals surface area contributed by atoms with Crippen LogP contribution in [-0.2, 0) is 20.7 Å². The number of benzene rings is 3. The molecule has 0 fully saturated rings. The average molecular weight is 659 g/mol. The first-order valence-electron chi connectivity index (χ1n) is 16.6. The molecule has 48 heavy (non-hydrogen) atoms. The second-order valence-electron chi connectivity index (χ2n) is 11.4. The van der Waals surface area contributed by atoms with Crippen molar-refractivity contribution in [2.75, 3.05) is 19.8 Å². The largest absolute Gasteiger partial charge is 0.494 e. The Morgan fingerprint density at radius 3 is 1.81 bits per heavy atom. The lowest BCUT2D eigenvalue weighted by Crippen LogP contribution is -2.15. The molecule has 0 bridgehead atoms. The van der Waals surface area contributed by atoms with Gasteiger partial charge >= 0.3 is 23.9 Å². The molecule has 3 aromatic rings. The molecule has 9 nitrogen and oxygen atoms in total. The Balaban J connectivity index is 1.67. The number of aryl methyl sites for hydroxylation is 1. The number of hydrogen-bond donors (Lipinski definition) is 0. The van der Waals surface area contributed by atoms with E-state index in [0.717, 1.165) is 50.5 Å². The Hall–Kier alpha value is -4.92. The Kier molecular flexibility index (Phi) is 15.9. The molecule has 0 aromatic heterocycles. The van der Waals surface area contributed by atoms with Crippen LogP contribution in [0.25, 0.3) is 0 Å². The molecule has 0 aliphatic heterocycles. The van der Waals surface area contributed by atoms with Crippen LogP contribution >= 0.6 is 0 Å². The molecule has 3 rings (SSSR count). The van der Waals surface area contributed by atoms with E-state index >= 15 is 0 Å². The summed E-state index contributed by atoms with van der Waals surface area (Å²) in [6.45, 7) is 10.4. The third-order valence-electron chi connectivity index (χ3n) is 7.30. The van der Waals surface area contributed by atoms with Crippen LogP contribution in [-0.4, -0.2) is 43.7 Å². The quantitative estimate of drug-likeness (QED) is 0.0510. The van der Waals surface area contributed by atoms with Crippen molar-refractivity contribution in [2.45, 2.75) is 78.6 Å². The summed E-state index contributed by atoms with van der Waals surface area (Å²) in [5.74, 6) is -1.69. The van der Waals surface area contributed by atoms with Crippen molar-refractivity contribution >= 4 is 23.9 Å². The number of unbranched alkanes of at least 4 members (excludes halogenated alkanes) is 5. The van der Waals surface area contributed by atoms with Crippen LogP contribution in [0.5, 0.6) is 17.2 Å². The maximum atomic E-state index is 13.2. The van der Waals surface area contributed by atoms with E-state index in [-0.39, 0.29) is 23.7 Å². The number of carbonyl (C=O) groups is 4. The summed E-state index contributed by atoms with van der Waals surface area (Å²) in [6.07, 6.45) is 7.76. The number of esters is 4. The van der Waals surface area contributed by atoms with Crippen LogP contribution < -0.4 is 14.2 Å². The van der Waals surface area contributed by atoms with Crippen molar-refractivity contribution in [3.63, 3.8) is 0 Å². The summed E-state index contributed by atoms with van der Waals surface area (Å²) in [4.78, 5) is 50.6. The molecule has 3 aromatic carbocycles. The number of hydrogen-bond acceptors (Lipinski definition) is 9. The Morgan fingerprint density at radius 1 is 0.604 bits per heavy atom. The van der Waals surface area contributed by atoms with Crippen molar-refractivity contribution in [3.05, 3.63) is 101 Å². The number of carbonyl (C=O) groups excluding carboxylic acids is 4. The van der Waals surface area contributed by atoms with E-state index in [9.17, 15) is 19.2 Å². The van der Waals surface area contributed by atoms with Crippen LogP contribution in [0.4, 0.5) is 0 Å². The second-order valence-corrected chi connectivity index (χ2v) is 11.4. The van der Waals surface area contributed by atoms with Gasteiger partial charge in [-0.25, -0.2) is 19.2 Å². The molecular formula is C39H46O9. The smallest absolute Gasteiger partial charge is 0.343 e. The van der Waals surface area contributed by atoms with Gasteiger partial charge in [-0.2, -0.15) is 0 Å². The third kappa shape index (κ3) is 12.7. The monoisotopic (exact) mass is 658 g/mol. The van der Waals surface area contributed by atoms with E-state index in [2.05, 4.69) is 20.4 Å². The predicted molar refractivity (Wildman–Crippen MR) is 183 cm³/mol.